The van der Waals surface area contributed by atoms with Crippen molar-refractivity contribution in [1.82, 2.24) is 4.90 Å². The van der Waals surface area contributed by atoms with Crippen LogP contribution in [0.25, 0.3) is 0 Å². The quantitative estimate of drug-likeness (QED) is 0.828. The first-order valence-corrected chi connectivity index (χ1v) is 8.15. The average molecular weight is 292 g/mol. The molecule has 1 saturated heterocycles. The third-order valence-electron chi connectivity index (χ3n) is 3.27. The fourth-order valence-corrected chi connectivity index (χ4v) is 3.32. The molecule has 0 atom stereocenters. The number of rotatable bonds is 3. The molecular formula is C15H20N2O2S. The summed E-state index contributed by atoms with van der Waals surface area (Å²) in [4.78, 5) is 2.32. The maximum absolute atomic E-state index is 11.4. The van der Waals surface area contributed by atoms with Crippen LogP contribution in [-0.4, -0.2) is 47.4 Å². The fraction of sp³-hybridized carbons (Fsp3) is 0.467. The first-order valence-electron chi connectivity index (χ1n) is 6.66. The van der Waals surface area contributed by atoms with Gasteiger partial charge in [-0.25, -0.2) is 0 Å². The standard InChI is InChI=1S/C15H20N2O2S/c1-19-15-5-4-13(11-14(15)3-2-6-16)12-17-7-9-20(18)10-8-17/h4-5,11H,6-10,12,16H2,1H3. The van der Waals surface area contributed by atoms with E-state index in [1.165, 1.54) is 5.56 Å². The number of nitrogens with two attached hydrogens (primary N) is 1. The van der Waals surface area contributed by atoms with Crippen molar-refractivity contribution in [2.24, 2.45) is 5.73 Å². The van der Waals surface area contributed by atoms with E-state index in [1.807, 2.05) is 12.1 Å². The summed E-state index contributed by atoms with van der Waals surface area (Å²) in [6, 6.07) is 6.04. The Kier molecular flexibility index (Phi) is 5.60. The molecule has 0 aliphatic carbocycles. The van der Waals surface area contributed by atoms with Gasteiger partial charge in [0, 0.05) is 41.9 Å². The lowest BCUT2D eigenvalue weighted by atomic mass is 10.1. The molecular weight excluding hydrogens is 272 g/mol. The normalized spacial score (nSPS) is 16.5. The molecule has 1 aliphatic heterocycles. The zero-order chi connectivity index (χ0) is 14.4. The maximum Gasteiger partial charge on any atom is 0.134 e. The smallest absolute Gasteiger partial charge is 0.134 e. The Morgan fingerprint density at radius 2 is 2.15 bits per heavy atom. The van der Waals surface area contributed by atoms with Crippen molar-refractivity contribution >= 4 is 10.8 Å². The molecule has 0 amide bonds. The topological polar surface area (TPSA) is 55.6 Å². The summed E-state index contributed by atoms with van der Waals surface area (Å²) < 4.78 is 16.7. The van der Waals surface area contributed by atoms with E-state index in [-0.39, 0.29) is 0 Å². The highest BCUT2D eigenvalue weighted by molar-refractivity contribution is 7.85. The molecule has 2 rings (SSSR count). The van der Waals surface area contributed by atoms with Crippen LogP contribution in [-0.2, 0) is 17.3 Å². The minimum atomic E-state index is -0.631. The second kappa shape index (κ2) is 7.44. The molecule has 2 N–H and O–H groups in total. The summed E-state index contributed by atoms with van der Waals surface area (Å²) in [5, 5.41) is 0. The van der Waals surface area contributed by atoms with Gasteiger partial charge in [0.25, 0.3) is 0 Å². The van der Waals surface area contributed by atoms with E-state index in [2.05, 4.69) is 22.8 Å². The maximum atomic E-state index is 11.4. The van der Waals surface area contributed by atoms with Gasteiger partial charge in [-0.05, 0) is 17.7 Å². The first kappa shape index (κ1) is 15.0. The van der Waals surface area contributed by atoms with E-state index in [0.717, 1.165) is 42.5 Å². The zero-order valence-corrected chi connectivity index (χ0v) is 12.5. The highest BCUT2D eigenvalue weighted by Gasteiger charge is 2.15. The molecule has 5 heteroatoms. The molecule has 1 heterocycles. The van der Waals surface area contributed by atoms with Crippen LogP contribution in [0.1, 0.15) is 11.1 Å². The molecule has 1 aromatic carbocycles. The Hall–Kier alpha value is -1.35. The lowest BCUT2D eigenvalue weighted by Gasteiger charge is -2.26. The van der Waals surface area contributed by atoms with Gasteiger partial charge in [-0.1, -0.05) is 17.9 Å². The van der Waals surface area contributed by atoms with Crippen molar-refractivity contribution in [3.8, 4) is 17.6 Å². The van der Waals surface area contributed by atoms with Gasteiger partial charge in [0.1, 0.15) is 5.75 Å². The predicted molar refractivity (Wildman–Crippen MR) is 82.1 cm³/mol. The van der Waals surface area contributed by atoms with Crippen molar-refractivity contribution < 1.29 is 8.95 Å². The van der Waals surface area contributed by atoms with E-state index >= 15 is 0 Å². The number of benzene rings is 1. The SMILES string of the molecule is COc1ccc(CN2CCS(=O)CC2)cc1C#CCN. The van der Waals surface area contributed by atoms with E-state index in [0.29, 0.717) is 6.54 Å². The van der Waals surface area contributed by atoms with Crippen LogP contribution >= 0.6 is 0 Å². The van der Waals surface area contributed by atoms with Crippen molar-refractivity contribution in [3.63, 3.8) is 0 Å². The number of hydrogen-bond donors (Lipinski definition) is 1. The lowest BCUT2D eigenvalue weighted by molar-refractivity contribution is 0.291. The largest absolute Gasteiger partial charge is 0.495 e. The van der Waals surface area contributed by atoms with Gasteiger partial charge in [-0.2, -0.15) is 0 Å². The van der Waals surface area contributed by atoms with Crippen molar-refractivity contribution in [2.75, 3.05) is 38.2 Å². The summed E-state index contributed by atoms with van der Waals surface area (Å²) >= 11 is 0. The number of hydrogen-bond acceptors (Lipinski definition) is 4. The van der Waals surface area contributed by atoms with Crippen molar-refractivity contribution in [3.05, 3.63) is 29.3 Å². The highest BCUT2D eigenvalue weighted by atomic mass is 32.2. The second-order valence-electron chi connectivity index (χ2n) is 4.66. The lowest BCUT2D eigenvalue weighted by Crippen LogP contribution is -2.37. The van der Waals surface area contributed by atoms with E-state index in [1.54, 1.807) is 7.11 Å². The van der Waals surface area contributed by atoms with Gasteiger partial charge in [0.05, 0.1) is 19.2 Å². The van der Waals surface area contributed by atoms with Crippen molar-refractivity contribution in [2.45, 2.75) is 6.54 Å². The predicted octanol–water partition coefficient (Wildman–Crippen LogP) is 0.570. The molecule has 0 radical (unpaired) electrons. The molecule has 20 heavy (non-hydrogen) atoms. The van der Waals surface area contributed by atoms with E-state index in [4.69, 9.17) is 10.5 Å². The van der Waals surface area contributed by atoms with E-state index < -0.39 is 10.8 Å². The molecule has 108 valence electrons. The number of nitrogens with zero attached hydrogens (tertiary/aromatic N) is 1. The summed E-state index contributed by atoms with van der Waals surface area (Å²) in [5.41, 5.74) is 7.48. The molecule has 1 aromatic rings. The summed E-state index contributed by atoms with van der Waals surface area (Å²) in [7, 11) is 1.01. The third-order valence-corrected chi connectivity index (χ3v) is 4.54. The van der Waals surface area contributed by atoms with Crippen LogP contribution in [0, 0.1) is 11.8 Å². The second-order valence-corrected chi connectivity index (χ2v) is 6.36. The Morgan fingerprint density at radius 3 is 2.80 bits per heavy atom. The van der Waals surface area contributed by atoms with Gasteiger partial charge >= 0.3 is 0 Å². The number of methoxy groups -OCH3 is 1. The van der Waals surface area contributed by atoms with Crippen LogP contribution < -0.4 is 10.5 Å². The van der Waals surface area contributed by atoms with Gasteiger partial charge in [0.15, 0.2) is 0 Å². The average Bonchev–Trinajstić information content (AvgIpc) is 2.47. The minimum Gasteiger partial charge on any atom is -0.495 e. The Morgan fingerprint density at radius 1 is 1.40 bits per heavy atom. The molecule has 0 saturated carbocycles. The molecule has 0 bridgehead atoms. The van der Waals surface area contributed by atoms with Gasteiger partial charge in [-0.15, -0.1) is 0 Å². The van der Waals surface area contributed by atoms with E-state index in [9.17, 15) is 4.21 Å². The molecule has 0 aromatic heterocycles. The van der Waals surface area contributed by atoms with Crippen LogP contribution in [0.5, 0.6) is 5.75 Å². The monoisotopic (exact) mass is 292 g/mol. The van der Waals surface area contributed by atoms with Gasteiger partial charge in [-0.3, -0.25) is 9.11 Å². The van der Waals surface area contributed by atoms with Crippen molar-refractivity contribution in [1.29, 1.82) is 0 Å². The van der Waals surface area contributed by atoms with Gasteiger partial charge < -0.3 is 10.5 Å². The molecule has 0 spiro atoms. The van der Waals surface area contributed by atoms with Crippen LogP contribution in [0.4, 0.5) is 0 Å². The highest BCUT2D eigenvalue weighted by Crippen LogP contribution is 2.20. The summed E-state index contributed by atoms with van der Waals surface area (Å²) in [6.45, 7) is 2.98. The Balaban J connectivity index is 2.10. The van der Waals surface area contributed by atoms with Crippen LogP contribution in [0.3, 0.4) is 0 Å². The Bertz CT molecular complexity index is 539. The van der Waals surface area contributed by atoms with Gasteiger partial charge in [0.2, 0.25) is 0 Å². The number of ether oxygens (including phenoxy) is 1. The third kappa shape index (κ3) is 4.07. The fourth-order valence-electron chi connectivity index (χ4n) is 2.19. The first-order chi connectivity index (χ1) is 9.72. The van der Waals surface area contributed by atoms with Crippen LogP contribution in [0.2, 0.25) is 0 Å². The summed E-state index contributed by atoms with van der Waals surface area (Å²) in [5.74, 6) is 8.22. The zero-order valence-electron chi connectivity index (χ0n) is 11.7. The molecule has 1 fully saturated rings. The Labute approximate surface area is 122 Å². The molecule has 4 nitrogen and oxygen atoms in total. The molecule has 1 aliphatic rings. The minimum absolute atomic E-state index is 0.339. The summed E-state index contributed by atoms with van der Waals surface area (Å²) in [6.07, 6.45) is 0. The van der Waals surface area contributed by atoms with Crippen LogP contribution in [0.15, 0.2) is 18.2 Å². The molecule has 0 unspecified atom stereocenters.